The van der Waals surface area contributed by atoms with E-state index in [1.807, 2.05) is 0 Å². The van der Waals surface area contributed by atoms with Crippen LogP contribution in [0.4, 0.5) is 0 Å². The first-order chi connectivity index (χ1) is 6.74. The monoisotopic (exact) mass is 201 g/mol. The van der Waals surface area contributed by atoms with Crippen molar-refractivity contribution in [1.82, 2.24) is 0 Å². The summed E-state index contributed by atoms with van der Waals surface area (Å²) in [6.45, 7) is 1.91. The van der Waals surface area contributed by atoms with Gasteiger partial charge in [0, 0.05) is 38.7 Å². The second kappa shape index (κ2) is 6.11. The fraction of sp³-hybridized carbons (Fsp3) is 0.900. The number of ether oxygens (including phenoxy) is 2. The highest BCUT2D eigenvalue weighted by molar-refractivity contribution is 5.81. The molecule has 1 aliphatic heterocycles. The third-order valence-corrected chi connectivity index (χ3v) is 2.54. The summed E-state index contributed by atoms with van der Waals surface area (Å²) in [6, 6.07) is -0.0666. The Balaban J connectivity index is 2.18. The van der Waals surface area contributed by atoms with Crippen molar-refractivity contribution in [2.75, 3.05) is 26.9 Å². The van der Waals surface area contributed by atoms with Crippen LogP contribution in [0.1, 0.15) is 19.3 Å². The van der Waals surface area contributed by atoms with Crippen LogP contribution >= 0.6 is 0 Å². The van der Waals surface area contributed by atoms with Crippen LogP contribution in [0.2, 0.25) is 0 Å². The molecule has 4 heteroatoms. The van der Waals surface area contributed by atoms with E-state index in [0.717, 1.165) is 12.8 Å². The number of hydrogen-bond acceptors (Lipinski definition) is 4. The van der Waals surface area contributed by atoms with Gasteiger partial charge in [0.15, 0.2) is 0 Å². The summed E-state index contributed by atoms with van der Waals surface area (Å²) < 4.78 is 10.1. The molecule has 1 saturated heterocycles. The number of carbonyl (C=O) groups is 1. The Morgan fingerprint density at radius 2 is 2.50 bits per heavy atom. The van der Waals surface area contributed by atoms with E-state index >= 15 is 0 Å². The summed E-state index contributed by atoms with van der Waals surface area (Å²) >= 11 is 0. The lowest BCUT2D eigenvalue weighted by Gasteiger charge is -2.12. The van der Waals surface area contributed by atoms with E-state index in [4.69, 9.17) is 15.2 Å². The van der Waals surface area contributed by atoms with Crippen molar-refractivity contribution < 1.29 is 14.3 Å². The highest BCUT2D eigenvalue weighted by Gasteiger charge is 2.24. The smallest absolute Gasteiger partial charge is 0.139 e. The molecule has 82 valence electrons. The number of Topliss-reactive ketones (excluding diaryl/α,β-unsaturated/α-hetero) is 1. The molecule has 0 amide bonds. The zero-order valence-corrected chi connectivity index (χ0v) is 8.70. The lowest BCUT2D eigenvalue weighted by molar-refractivity contribution is -0.123. The van der Waals surface area contributed by atoms with Crippen LogP contribution in [0, 0.1) is 5.92 Å². The van der Waals surface area contributed by atoms with Gasteiger partial charge in [0.25, 0.3) is 0 Å². The quantitative estimate of drug-likeness (QED) is 0.673. The zero-order chi connectivity index (χ0) is 10.4. The Kier molecular flexibility index (Phi) is 5.07. The fourth-order valence-electron chi connectivity index (χ4n) is 1.58. The number of methoxy groups -OCH3 is 1. The molecule has 1 heterocycles. The van der Waals surface area contributed by atoms with E-state index in [9.17, 15) is 4.79 Å². The minimum absolute atomic E-state index is 0.0666. The van der Waals surface area contributed by atoms with Gasteiger partial charge in [0.05, 0.1) is 6.61 Å². The summed E-state index contributed by atoms with van der Waals surface area (Å²) in [4.78, 5) is 11.6. The van der Waals surface area contributed by atoms with Crippen LogP contribution in [-0.4, -0.2) is 38.8 Å². The molecule has 1 rings (SSSR count). The van der Waals surface area contributed by atoms with E-state index in [2.05, 4.69) is 0 Å². The number of carbonyl (C=O) groups excluding carboxylic acids is 1. The van der Waals surface area contributed by atoms with E-state index < -0.39 is 0 Å². The topological polar surface area (TPSA) is 61.5 Å². The summed E-state index contributed by atoms with van der Waals surface area (Å²) in [5, 5.41) is 0. The molecular weight excluding hydrogens is 182 g/mol. The van der Waals surface area contributed by atoms with Crippen molar-refractivity contribution in [2.45, 2.75) is 25.3 Å². The van der Waals surface area contributed by atoms with E-state index in [0.29, 0.717) is 26.2 Å². The Morgan fingerprint density at radius 3 is 3.07 bits per heavy atom. The van der Waals surface area contributed by atoms with Gasteiger partial charge in [0.1, 0.15) is 5.78 Å². The lowest BCUT2D eigenvalue weighted by atomic mass is 9.97. The first-order valence-electron chi connectivity index (χ1n) is 5.09. The van der Waals surface area contributed by atoms with E-state index in [1.165, 1.54) is 0 Å². The first-order valence-corrected chi connectivity index (χ1v) is 5.09. The molecule has 1 aliphatic rings. The van der Waals surface area contributed by atoms with Crippen molar-refractivity contribution in [3.05, 3.63) is 0 Å². The summed E-state index contributed by atoms with van der Waals surface area (Å²) in [7, 11) is 1.64. The van der Waals surface area contributed by atoms with Gasteiger partial charge in [-0.2, -0.15) is 0 Å². The van der Waals surface area contributed by atoms with Crippen molar-refractivity contribution in [3.63, 3.8) is 0 Å². The van der Waals surface area contributed by atoms with Gasteiger partial charge >= 0.3 is 0 Å². The normalized spacial score (nSPS) is 23.7. The fourth-order valence-corrected chi connectivity index (χ4v) is 1.58. The van der Waals surface area contributed by atoms with Crippen LogP contribution in [0.5, 0.6) is 0 Å². The van der Waals surface area contributed by atoms with E-state index in [1.54, 1.807) is 7.11 Å². The molecule has 0 radical (unpaired) electrons. The van der Waals surface area contributed by atoms with Gasteiger partial charge in [-0.1, -0.05) is 0 Å². The molecule has 0 aromatic heterocycles. The third kappa shape index (κ3) is 3.74. The maximum absolute atomic E-state index is 11.6. The molecule has 2 atom stereocenters. The van der Waals surface area contributed by atoms with Gasteiger partial charge in [-0.15, -0.1) is 0 Å². The molecule has 0 saturated carbocycles. The highest BCUT2D eigenvalue weighted by Crippen LogP contribution is 2.16. The Hall–Kier alpha value is -0.450. The van der Waals surface area contributed by atoms with Crippen LogP contribution in [0.25, 0.3) is 0 Å². The molecule has 4 nitrogen and oxygen atoms in total. The van der Waals surface area contributed by atoms with Crippen molar-refractivity contribution >= 4 is 5.78 Å². The molecule has 1 fully saturated rings. The molecule has 14 heavy (non-hydrogen) atoms. The minimum Gasteiger partial charge on any atom is -0.385 e. The van der Waals surface area contributed by atoms with Crippen LogP contribution < -0.4 is 5.73 Å². The lowest BCUT2D eigenvalue weighted by Crippen LogP contribution is -2.28. The van der Waals surface area contributed by atoms with Gasteiger partial charge < -0.3 is 15.2 Å². The Bertz CT molecular complexity index is 178. The molecule has 0 bridgehead atoms. The largest absolute Gasteiger partial charge is 0.385 e. The van der Waals surface area contributed by atoms with Crippen molar-refractivity contribution in [2.24, 2.45) is 11.7 Å². The second-order valence-corrected chi connectivity index (χ2v) is 3.77. The zero-order valence-electron chi connectivity index (χ0n) is 8.70. The molecule has 2 unspecified atom stereocenters. The molecule has 0 aromatic rings. The Morgan fingerprint density at radius 1 is 1.71 bits per heavy atom. The maximum atomic E-state index is 11.6. The summed E-state index contributed by atoms with van der Waals surface area (Å²) in [5.74, 6) is 0.328. The average Bonchev–Trinajstić information content (AvgIpc) is 2.67. The molecule has 0 spiro atoms. The first kappa shape index (κ1) is 11.6. The number of rotatable bonds is 6. The van der Waals surface area contributed by atoms with Crippen LogP contribution in [0.15, 0.2) is 0 Å². The second-order valence-electron chi connectivity index (χ2n) is 3.77. The third-order valence-electron chi connectivity index (χ3n) is 2.54. The average molecular weight is 201 g/mol. The van der Waals surface area contributed by atoms with Crippen LogP contribution in [-0.2, 0) is 14.3 Å². The molecular formula is C10H19NO3. The molecule has 0 aliphatic carbocycles. The predicted octanol–water partition coefficient (Wildman–Crippen LogP) is 0.346. The SMILES string of the molecule is COCCC(N)CC(=O)C1CCOC1. The van der Waals surface area contributed by atoms with Gasteiger partial charge in [-0.05, 0) is 12.8 Å². The summed E-state index contributed by atoms with van der Waals surface area (Å²) in [5.41, 5.74) is 5.79. The molecule has 0 aromatic carbocycles. The maximum Gasteiger partial charge on any atom is 0.139 e. The van der Waals surface area contributed by atoms with E-state index in [-0.39, 0.29) is 17.7 Å². The van der Waals surface area contributed by atoms with Crippen molar-refractivity contribution in [1.29, 1.82) is 0 Å². The standard InChI is InChI=1S/C10H19NO3/c1-13-4-3-9(11)6-10(12)8-2-5-14-7-8/h8-9H,2-7,11H2,1H3. The minimum atomic E-state index is -0.0666. The number of nitrogens with two attached hydrogens (primary N) is 1. The summed E-state index contributed by atoms with van der Waals surface area (Å²) in [6.07, 6.45) is 2.06. The van der Waals surface area contributed by atoms with Crippen molar-refractivity contribution in [3.8, 4) is 0 Å². The number of hydrogen-bond donors (Lipinski definition) is 1. The highest BCUT2D eigenvalue weighted by atomic mass is 16.5. The van der Waals surface area contributed by atoms with Gasteiger partial charge in [-0.3, -0.25) is 4.79 Å². The van der Waals surface area contributed by atoms with Gasteiger partial charge in [0.2, 0.25) is 0 Å². The number of ketones is 1. The molecule has 2 N–H and O–H groups in total. The van der Waals surface area contributed by atoms with Gasteiger partial charge in [-0.25, -0.2) is 0 Å². The predicted molar refractivity (Wildman–Crippen MR) is 53.0 cm³/mol. The van der Waals surface area contributed by atoms with Crippen LogP contribution in [0.3, 0.4) is 0 Å². The Labute approximate surface area is 84.7 Å².